The third-order valence-electron chi connectivity index (χ3n) is 4.82. The number of ether oxygens (including phenoxy) is 1. The molecule has 2 amide bonds. The second-order valence-corrected chi connectivity index (χ2v) is 9.50. The van der Waals surface area contributed by atoms with Crippen LogP contribution in [0.2, 0.25) is 5.02 Å². The maximum atomic E-state index is 12.6. The molecule has 13 heteroatoms. The summed E-state index contributed by atoms with van der Waals surface area (Å²) in [7, 11) is -3.87. The van der Waals surface area contributed by atoms with Crippen molar-refractivity contribution in [1.29, 1.82) is 0 Å². The number of non-ortho nitro benzene ring substituents is 1. The Kier molecular flexibility index (Phi) is 7.51. The van der Waals surface area contributed by atoms with Crippen molar-refractivity contribution in [3.63, 3.8) is 0 Å². The van der Waals surface area contributed by atoms with E-state index in [0.717, 1.165) is 16.6 Å². The van der Waals surface area contributed by atoms with Crippen LogP contribution in [0.15, 0.2) is 42.5 Å². The number of carbonyl (C=O) groups is 2. The molecule has 0 saturated carbocycles. The van der Waals surface area contributed by atoms with E-state index < -0.39 is 27.4 Å². The molecular weight excluding hydrogens is 476 g/mol. The third kappa shape index (κ3) is 6.18. The lowest BCUT2D eigenvalue weighted by Gasteiger charge is -2.27. The number of nitro benzene ring substituents is 1. The molecule has 1 aliphatic heterocycles. The summed E-state index contributed by atoms with van der Waals surface area (Å²) in [5.74, 6) is -0.954. The summed E-state index contributed by atoms with van der Waals surface area (Å²) in [4.78, 5) is 37.1. The predicted octanol–water partition coefficient (Wildman–Crippen LogP) is 2.13. The van der Waals surface area contributed by atoms with Crippen LogP contribution in [0, 0.1) is 10.1 Å². The number of nitro groups is 1. The number of sulfonamides is 1. The molecular formula is C20H21ClN4O7S. The largest absolute Gasteiger partial charge is 0.378 e. The normalized spacial score (nSPS) is 13.9. The van der Waals surface area contributed by atoms with E-state index in [9.17, 15) is 28.1 Å². The second kappa shape index (κ2) is 10.1. The van der Waals surface area contributed by atoms with Gasteiger partial charge in [-0.1, -0.05) is 11.6 Å². The first-order chi connectivity index (χ1) is 15.6. The van der Waals surface area contributed by atoms with Crippen molar-refractivity contribution in [2.75, 3.05) is 48.7 Å². The van der Waals surface area contributed by atoms with Gasteiger partial charge < -0.3 is 15.0 Å². The number of carbonyl (C=O) groups excluding carboxylic acids is 2. The Morgan fingerprint density at radius 1 is 1.18 bits per heavy atom. The minimum atomic E-state index is -3.87. The Labute approximate surface area is 195 Å². The summed E-state index contributed by atoms with van der Waals surface area (Å²) in [5, 5.41) is 13.4. The standard InChI is InChI=1S/C20H21ClN4O7S/c1-33(30,31)24(13-19(26)22-18-12-16(25(28)29)6-7-17(18)21)15-4-2-14(3-5-15)20(27)23-8-10-32-11-9-23/h2-7,12H,8-11,13H2,1H3,(H,22,26). The summed E-state index contributed by atoms with van der Waals surface area (Å²) >= 11 is 5.99. The van der Waals surface area contributed by atoms with Gasteiger partial charge in [0.25, 0.3) is 11.6 Å². The summed E-state index contributed by atoms with van der Waals surface area (Å²) in [6, 6.07) is 9.36. The third-order valence-corrected chi connectivity index (χ3v) is 6.29. The highest BCUT2D eigenvalue weighted by atomic mass is 35.5. The average molecular weight is 497 g/mol. The number of rotatable bonds is 7. The zero-order valence-corrected chi connectivity index (χ0v) is 19.1. The van der Waals surface area contributed by atoms with Gasteiger partial charge in [0.15, 0.2) is 0 Å². The average Bonchev–Trinajstić information content (AvgIpc) is 2.78. The first-order valence-corrected chi connectivity index (χ1v) is 12.0. The van der Waals surface area contributed by atoms with Crippen LogP contribution in [0.25, 0.3) is 0 Å². The molecule has 0 unspecified atom stereocenters. The van der Waals surface area contributed by atoms with Gasteiger partial charge in [0.05, 0.1) is 40.8 Å². The zero-order chi connectivity index (χ0) is 24.2. The maximum absolute atomic E-state index is 12.6. The highest BCUT2D eigenvalue weighted by molar-refractivity contribution is 7.92. The fraction of sp³-hybridized carbons (Fsp3) is 0.300. The summed E-state index contributed by atoms with van der Waals surface area (Å²) in [5.41, 5.74) is 0.254. The molecule has 0 spiro atoms. The Morgan fingerprint density at radius 3 is 2.39 bits per heavy atom. The van der Waals surface area contributed by atoms with Crippen LogP contribution in [0.5, 0.6) is 0 Å². The molecule has 176 valence electrons. The molecule has 2 aromatic carbocycles. The highest BCUT2D eigenvalue weighted by Crippen LogP contribution is 2.27. The first kappa shape index (κ1) is 24.4. The Hall–Kier alpha value is -3.22. The molecule has 1 saturated heterocycles. The Morgan fingerprint density at radius 2 is 1.82 bits per heavy atom. The molecule has 1 aliphatic rings. The molecule has 0 aliphatic carbocycles. The van der Waals surface area contributed by atoms with Gasteiger partial charge in [-0.25, -0.2) is 8.42 Å². The van der Waals surface area contributed by atoms with Crippen molar-refractivity contribution in [2.45, 2.75) is 0 Å². The maximum Gasteiger partial charge on any atom is 0.271 e. The van der Waals surface area contributed by atoms with Crippen molar-refractivity contribution >= 4 is 50.5 Å². The van der Waals surface area contributed by atoms with Gasteiger partial charge in [-0.2, -0.15) is 0 Å². The van der Waals surface area contributed by atoms with E-state index in [4.69, 9.17) is 16.3 Å². The molecule has 1 heterocycles. The van der Waals surface area contributed by atoms with Crippen molar-refractivity contribution in [3.05, 3.63) is 63.2 Å². The number of benzene rings is 2. The van der Waals surface area contributed by atoms with Gasteiger partial charge in [-0.05, 0) is 30.3 Å². The van der Waals surface area contributed by atoms with Crippen molar-refractivity contribution in [1.82, 2.24) is 4.90 Å². The second-order valence-electron chi connectivity index (χ2n) is 7.19. The van der Waals surface area contributed by atoms with Gasteiger partial charge in [-0.15, -0.1) is 0 Å². The molecule has 0 atom stereocenters. The van der Waals surface area contributed by atoms with Gasteiger partial charge >= 0.3 is 0 Å². The number of anilines is 2. The van der Waals surface area contributed by atoms with Crippen LogP contribution < -0.4 is 9.62 Å². The molecule has 2 aromatic rings. The molecule has 33 heavy (non-hydrogen) atoms. The van der Waals surface area contributed by atoms with Crippen LogP contribution in [-0.4, -0.2) is 69.2 Å². The van der Waals surface area contributed by atoms with Crippen LogP contribution in [0.3, 0.4) is 0 Å². The lowest BCUT2D eigenvalue weighted by atomic mass is 10.1. The SMILES string of the molecule is CS(=O)(=O)N(CC(=O)Nc1cc([N+](=O)[O-])ccc1Cl)c1ccc(C(=O)N2CCOCC2)cc1. The van der Waals surface area contributed by atoms with Gasteiger partial charge in [-0.3, -0.25) is 24.0 Å². The van der Waals surface area contributed by atoms with E-state index in [1.165, 1.54) is 36.4 Å². The first-order valence-electron chi connectivity index (χ1n) is 9.75. The number of hydrogen-bond donors (Lipinski definition) is 1. The van der Waals surface area contributed by atoms with Crippen molar-refractivity contribution < 1.29 is 27.7 Å². The van der Waals surface area contributed by atoms with E-state index in [0.29, 0.717) is 31.9 Å². The smallest absolute Gasteiger partial charge is 0.271 e. The van der Waals surface area contributed by atoms with Crippen molar-refractivity contribution in [2.24, 2.45) is 0 Å². The summed E-state index contributed by atoms with van der Waals surface area (Å²) < 4.78 is 30.8. The zero-order valence-electron chi connectivity index (χ0n) is 17.6. The van der Waals surface area contributed by atoms with E-state index in [1.54, 1.807) is 4.90 Å². The van der Waals surface area contributed by atoms with Gasteiger partial charge in [0.2, 0.25) is 15.9 Å². The van der Waals surface area contributed by atoms with E-state index in [-0.39, 0.29) is 28.0 Å². The van der Waals surface area contributed by atoms with E-state index in [2.05, 4.69) is 5.32 Å². The molecule has 0 aromatic heterocycles. The number of nitrogens with zero attached hydrogens (tertiary/aromatic N) is 3. The number of morpholine rings is 1. The minimum absolute atomic E-state index is 0.0178. The van der Waals surface area contributed by atoms with Crippen molar-refractivity contribution in [3.8, 4) is 0 Å². The Balaban J connectivity index is 1.76. The van der Waals surface area contributed by atoms with Gasteiger partial charge in [0, 0.05) is 30.8 Å². The summed E-state index contributed by atoms with van der Waals surface area (Å²) in [6.07, 6.45) is 0.938. The molecule has 1 N–H and O–H groups in total. The molecule has 1 fully saturated rings. The molecule has 11 nitrogen and oxygen atoms in total. The van der Waals surface area contributed by atoms with Crippen LogP contribution in [-0.2, 0) is 19.6 Å². The lowest BCUT2D eigenvalue weighted by Crippen LogP contribution is -2.40. The lowest BCUT2D eigenvalue weighted by molar-refractivity contribution is -0.384. The van der Waals surface area contributed by atoms with Crippen LogP contribution in [0.1, 0.15) is 10.4 Å². The Bertz CT molecular complexity index is 1170. The fourth-order valence-corrected chi connectivity index (χ4v) is 4.18. The number of hydrogen-bond acceptors (Lipinski definition) is 7. The van der Waals surface area contributed by atoms with Crippen LogP contribution >= 0.6 is 11.6 Å². The van der Waals surface area contributed by atoms with E-state index in [1.807, 2.05) is 0 Å². The molecule has 0 bridgehead atoms. The molecule has 0 radical (unpaired) electrons. The van der Waals surface area contributed by atoms with Crippen LogP contribution in [0.4, 0.5) is 17.1 Å². The predicted molar refractivity (Wildman–Crippen MR) is 122 cm³/mol. The fourth-order valence-electron chi connectivity index (χ4n) is 3.16. The summed E-state index contributed by atoms with van der Waals surface area (Å²) in [6.45, 7) is 1.24. The van der Waals surface area contributed by atoms with Gasteiger partial charge in [0.1, 0.15) is 6.54 Å². The number of amides is 2. The monoisotopic (exact) mass is 496 g/mol. The highest BCUT2D eigenvalue weighted by Gasteiger charge is 2.23. The minimum Gasteiger partial charge on any atom is -0.378 e. The number of halogens is 1. The molecule has 3 rings (SSSR count). The number of nitrogens with one attached hydrogen (secondary N) is 1. The van der Waals surface area contributed by atoms with E-state index >= 15 is 0 Å². The quantitative estimate of drug-likeness (QED) is 0.457. The topological polar surface area (TPSA) is 139 Å².